The van der Waals surface area contributed by atoms with Gasteiger partial charge in [-0.05, 0) is 36.2 Å². The van der Waals surface area contributed by atoms with Gasteiger partial charge in [0.15, 0.2) is 5.69 Å². The van der Waals surface area contributed by atoms with Gasteiger partial charge in [0, 0.05) is 6.20 Å². The lowest BCUT2D eigenvalue weighted by Gasteiger charge is -2.18. The molecule has 0 bridgehead atoms. The van der Waals surface area contributed by atoms with Crippen LogP contribution in [0.25, 0.3) is 0 Å². The van der Waals surface area contributed by atoms with Crippen molar-refractivity contribution >= 4 is 5.91 Å². The highest BCUT2D eigenvalue weighted by atomic mass is 19.4. The van der Waals surface area contributed by atoms with Crippen molar-refractivity contribution in [2.24, 2.45) is 0 Å². The van der Waals surface area contributed by atoms with Gasteiger partial charge in [0.05, 0.1) is 18.2 Å². The molecule has 1 aromatic heterocycles. The number of rotatable bonds is 5. The summed E-state index contributed by atoms with van der Waals surface area (Å²) in [5.41, 5.74) is -1.29. The molecule has 1 atom stereocenters. The van der Waals surface area contributed by atoms with Crippen molar-refractivity contribution in [1.29, 1.82) is 0 Å². The molecule has 0 aliphatic heterocycles. The van der Waals surface area contributed by atoms with E-state index in [0.717, 1.165) is 12.3 Å². The first kappa shape index (κ1) is 17.9. The maximum absolute atomic E-state index is 12.9. The van der Waals surface area contributed by atoms with Gasteiger partial charge in [-0.2, -0.15) is 13.2 Å². The number of benzene rings is 1. The number of alkyl halides is 3. The molecule has 2 N–H and O–H groups in total. The number of carbonyl (C=O) groups is 1. The fourth-order valence-electron chi connectivity index (χ4n) is 2.14. The Morgan fingerprint density at radius 3 is 2.46 bits per heavy atom. The van der Waals surface area contributed by atoms with E-state index in [1.807, 2.05) is 0 Å². The molecule has 2 aromatic rings. The normalized spacial score (nSPS) is 12.7. The van der Waals surface area contributed by atoms with E-state index >= 15 is 0 Å². The first-order valence-electron chi connectivity index (χ1n) is 6.99. The average Bonchev–Trinajstić information content (AvgIpc) is 2.55. The first-order valence-corrected chi connectivity index (χ1v) is 6.99. The third-order valence-corrected chi connectivity index (χ3v) is 3.27. The first-order chi connectivity index (χ1) is 11.3. The fourth-order valence-corrected chi connectivity index (χ4v) is 2.14. The van der Waals surface area contributed by atoms with E-state index in [-0.39, 0.29) is 6.42 Å². The predicted molar refractivity (Wildman–Crippen MR) is 77.7 cm³/mol. The minimum Gasteiger partial charge on any atom is -0.394 e. The van der Waals surface area contributed by atoms with Crippen LogP contribution < -0.4 is 5.32 Å². The molecule has 1 aromatic carbocycles. The molecule has 0 aliphatic rings. The summed E-state index contributed by atoms with van der Waals surface area (Å²) >= 11 is 0. The molecule has 2 rings (SSSR count). The average molecular weight is 342 g/mol. The van der Waals surface area contributed by atoms with Crippen molar-refractivity contribution in [3.63, 3.8) is 0 Å². The van der Waals surface area contributed by atoms with Crippen LogP contribution in [0.15, 0.2) is 42.6 Å². The lowest BCUT2D eigenvalue weighted by Crippen LogP contribution is -2.40. The van der Waals surface area contributed by atoms with Crippen LogP contribution in [0.4, 0.5) is 17.6 Å². The van der Waals surface area contributed by atoms with Gasteiger partial charge in [0.2, 0.25) is 0 Å². The standard InChI is InChI=1S/C16H14F4N2O2/c17-11-5-3-10(4-6-11)8-12(9-23)22-15(24)13-2-1-7-21-14(13)16(18,19)20/h1-7,12,23H,8-9H2,(H,22,24)/t12-/m0/s1. The second kappa shape index (κ2) is 7.39. The van der Waals surface area contributed by atoms with Crippen molar-refractivity contribution in [1.82, 2.24) is 10.3 Å². The molecule has 0 aliphatic carbocycles. The summed E-state index contributed by atoms with van der Waals surface area (Å²) in [5.74, 6) is -1.43. The van der Waals surface area contributed by atoms with Gasteiger partial charge >= 0.3 is 6.18 Å². The topological polar surface area (TPSA) is 62.2 Å². The van der Waals surface area contributed by atoms with Crippen LogP contribution in [0.3, 0.4) is 0 Å². The molecule has 24 heavy (non-hydrogen) atoms. The minimum absolute atomic E-state index is 0.143. The van der Waals surface area contributed by atoms with E-state index < -0.39 is 41.8 Å². The SMILES string of the molecule is O=C(N[C@H](CO)Cc1ccc(F)cc1)c1cccnc1C(F)(F)F. The van der Waals surface area contributed by atoms with Gasteiger partial charge in [0.1, 0.15) is 5.82 Å². The van der Waals surface area contributed by atoms with Crippen molar-refractivity contribution in [2.45, 2.75) is 18.6 Å². The zero-order valence-electron chi connectivity index (χ0n) is 12.3. The molecular weight excluding hydrogens is 328 g/mol. The molecule has 0 spiro atoms. The summed E-state index contributed by atoms with van der Waals surface area (Å²) in [6.07, 6.45) is -3.68. The lowest BCUT2D eigenvalue weighted by atomic mass is 10.1. The van der Waals surface area contributed by atoms with E-state index in [1.165, 1.54) is 30.3 Å². The molecule has 0 saturated heterocycles. The van der Waals surface area contributed by atoms with Crippen molar-refractivity contribution in [2.75, 3.05) is 6.61 Å². The molecule has 1 amide bonds. The molecule has 1 heterocycles. The lowest BCUT2D eigenvalue weighted by molar-refractivity contribution is -0.141. The molecule has 8 heteroatoms. The van der Waals surface area contributed by atoms with Crippen LogP contribution in [0, 0.1) is 5.82 Å². The molecule has 0 radical (unpaired) electrons. The summed E-state index contributed by atoms with van der Waals surface area (Å²) in [5, 5.41) is 11.7. The van der Waals surface area contributed by atoms with Crippen LogP contribution in [0.1, 0.15) is 21.6 Å². The molecule has 0 fully saturated rings. The van der Waals surface area contributed by atoms with E-state index in [2.05, 4.69) is 10.3 Å². The Morgan fingerprint density at radius 1 is 1.21 bits per heavy atom. The summed E-state index contributed by atoms with van der Waals surface area (Å²) in [7, 11) is 0. The van der Waals surface area contributed by atoms with Gasteiger partial charge < -0.3 is 10.4 Å². The fraction of sp³-hybridized carbons (Fsp3) is 0.250. The number of amides is 1. The molecule has 0 saturated carbocycles. The Labute approximate surface area is 135 Å². The van der Waals surface area contributed by atoms with E-state index in [4.69, 9.17) is 0 Å². The second-order valence-corrected chi connectivity index (χ2v) is 5.08. The number of hydrogen-bond acceptors (Lipinski definition) is 3. The second-order valence-electron chi connectivity index (χ2n) is 5.08. The van der Waals surface area contributed by atoms with Crippen LogP contribution in [-0.4, -0.2) is 28.6 Å². The van der Waals surface area contributed by atoms with Crippen LogP contribution in [0.5, 0.6) is 0 Å². The third kappa shape index (κ3) is 4.51. The van der Waals surface area contributed by atoms with E-state index in [1.54, 1.807) is 0 Å². The van der Waals surface area contributed by atoms with E-state index in [9.17, 15) is 27.5 Å². The van der Waals surface area contributed by atoms with Gasteiger partial charge in [0.25, 0.3) is 5.91 Å². The van der Waals surface area contributed by atoms with Gasteiger partial charge in [-0.15, -0.1) is 0 Å². The summed E-state index contributed by atoms with van der Waals surface area (Å²) in [6.45, 7) is -0.481. The molecular formula is C16H14F4N2O2. The minimum atomic E-state index is -4.76. The number of nitrogens with zero attached hydrogens (tertiary/aromatic N) is 1. The third-order valence-electron chi connectivity index (χ3n) is 3.27. The van der Waals surface area contributed by atoms with Crippen LogP contribution in [0.2, 0.25) is 0 Å². The number of aliphatic hydroxyl groups is 1. The number of aliphatic hydroxyl groups excluding tert-OH is 1. The van der Waals surface area contributed by atoms with Gasteiger partial charge in [-0.1, -0.05) is 12.1 Å². The number of nitrogens with one attached hydrogen (secondary N) is 1. The zero-order chi connectivity index (χ0) is 17.7. The van der Waals surface area contributed by atoms with Gasteiger partial charge in [-0.3, -0.25) is 9.78 Å². The van der Waals surface area contributed by atoms with Gasteiger partial charge in [-0.25, -0.2) is 4.39 Å². The molecule has 128 valence electrons. The maximum Gasteiger partial charge on any atom is 0.434 e. The number of hydrogen-bond donors (Lipinski definition) is 2. The smallest absolute Gasteiger partial charge is 0.394 e. The highest BCUT2D eigenvalue weighted by Crippen LogP contribution is 2.30. The Bertz CT molecular complexity index is 702. The highest BCUT2D eigenvalue weighted by molar-refractivity contribution is 5.95. The Morgan fingerprint density at radius 2 is 1.88 bits per heavy atom. The number of carbonyl (C=O) groups excluding carboxylic acids is 1. The quantitative estimate of drug-likeness (QED) is 0.821. The Hall–Kier alpha value is -2.48. The van der Waals surface area contributed by atoms with E-state index in [0.29, 0.717) is 5.56 Å². The Kier molecular flexibility index (Phi) is 5.50. The maximum atomic E-state index is 12.9. The molecule has 0 unspecified atom stereocenters. The number of halogens is 4. The molecule has 4 nitrogen and oxygen atoms in total. The monoisotopic (exact) mass is 342 g/mol. The highest BCUT2D eigenvalue weighted by Gasteiger charge is 2.37. The Balaban J connectivity index is 2.14. The van der Waals surface area contributed by atoms with Crippen LogP contribution >= 0.6 is 0 Å². The van der Waals surface area contributed by atoms with Crippen LogP contribution in [-0.2, 0) is 12.6 Å². The van der Waals surface area contributed by atoms with Crippen molar-refractivity contribution in [3.05, 3.63) is 65.2 Å². The summed E-state index contributed by atoms with van der Waals surface area (Å²) in [6, 6.07) is 6.78. The summed E-state index contributed by atoms with van der Waals surface area (Å²) < 4.78 is 51.5. The number of aromatic nitrogens is 1. The predicted octanol–water partition coefficient (Wildman–Crippen LogP) is 2.57. The number of pyridine rings is 1. The largest absolute Gasteiger partial charge is 0.434 e. The zero-order valence-corrected chi connectivity index (χ0v) is 12.3. The summed E-state index contributed by atoms with van der Waals surface area (Å²) in [4.78, 5) is 15.3. The van der Waals surface area contributed by atoms with Crippen molar-refractivity contribution < 1.29 is 27.5 Å². The van der Waals surface area contributed by atoms with Crippen molar-refractivity contribution in [3.8, 4) is 0 Å².